The summed E-state index contributed by atoms with van der Waals surface area (Å²) in [6.45, 7) is 10.4. The van der Waals surface area contributed by atoms with Crippen molar-refractivity contribution in [2.45, 2.75) is 53.5 Å². The summed E-state index contributed by atoms with van der Waals surface area (Å²) in [5, 5.41) is 11.7. The van der Waals surface area contributed by atoms with Crippen LogP contribution in [0.25, 0.3) is 5.69 Å². The highest BCUT2D eigenvalue weighted by Crippen LogP contribution is 2.23. The van der Waals surface area contributed by atoms with Gasteiger partial charge in [0.15, 0.2) is 0 Å². The number of nitrogens with zero attached hydrogens (tertiary/aromatic N) is 3. The van der Waals surface area contributed by atoms with Gasteiger partial charge in [-0.15, -0.1) is 5.10 Å². The zero-order chi connectivity index (χ0) is 19.3. The first-order chi connectivity index (χ1) is 12.3. The minimum atomic E-state index is -0.150. The van der Waals surface area contributed by atoms with E-state index in [1.54, 1.807) is 11.8 Å². The fourth-order valence-electron chi connectivity index (χ4n) is 2.80. The molecule has 1 aromatic carbocycles. The Bertz CT molecular complexity index is 737. The van der Waals surface area contributed by atoms with Crippen LogP contribution in [0, 0.1) is 18.8 Å². The Labute approximate surface area is 155 Å². The van der Waals surface area contributed by atoms with E-state index in [0.29, 0.717) is 12.3 Å². The largest absolute Gasteiger partial charge is 0.496 e. The summed E-state index contributed by atoms with van der Waals surface area (Å²) >= 11 is 0. The van der Waals surface area contributed by atoms with Gasteiger partial charge in [-0.2, -0.15) is 0 Å². The van der Waals surface area contributed by atoms with Gasteiger partial charge in [-0.3, -0.25) is 4.79 Å². The summed E-state index contributed by atoms with van der Waals surface area (Å²) in [6.07, 6.45) is 3.30. The van der Waals surface area contributed by atoms with Crippen molar-refractivity contribution in [1.82, 2.24) is 20.3 Å². The standard InChI is InChI=1S/C20H30N4O2/c1-13(2)7-10-19(25)21-20(14(3)4)17-12-24(23-22-17)16-8-9-18(26-6)15(5)11-16/h8-9,11-14,20H,7,10H2,1-6H3,(H,21,25)/t20-/m0/s1. The Hall–Kier alpha value is -2.37. The maximum absolute atomic E-state index is 12.2. The summed E-state index contributed by atoms with van der Waals surface area (Å²) in [4.78, 5) is 12.2. The number of benzene rings is 1. The Morgan fingerprint density at radius 2 is 2.00 bits per heavy atom. The van der Waals surface area contributed by atoms with Crippen LogP contribution in [0.1, 0.15) is 57.8 Å². The lowest BCUT2D eigenvalue weighted by Crippen LogP contribution is -2.32. The Morgan fingerprint density at radius 1 is 1.27 bits per heavy atom. The van der Waals surface area contributed by atoms with E-state index < -0.39 is 0 Å². The lowest BCUT2D eigenvalue weighted by Gasteiger charge is -2.20. The first-order valence-electron chi connectivity index (χ1n) is 9.18. The highest BCUT2D eigenvalue weighted by molar-refractivity contribution is 5.76. The summed E-state index contributed by atoms with van der Waals surface area (Å²) in [6, 6.07) is 5.71. The zero-order valence-corrected chi connectivity index (χ0v) is 16.6. The van der Waals surface area contributed by atoms with Gasteiger partial charge in [-0.05, 0) is 48.9 Å². The number of aromatic nitrogens is 3. The first kappa shape index (κ1) is 19.9. The predicted octanol–water partition coefficient (Wildman–Crippen LogP) is 3.83. The van der Waals surface area contributed by atoms with Crippen LogP contribution in [0.4, 0.5) is 0 Å². The lowest BCUT2D eigenvalue weighted by molar-refractivity contribution is -0.122. The van der Waals surface area contributed by atoms with Gasteiger partial charge < -0.3 is 10.1 Å². The maximum Gasteiger partial charge on any atom is 0.220 e. The van der Waals surface area contributed by atoms with Crippen LogP contribution in [0.5, 0.6) is 5.75 Å². The van der Waals surface area contributed by atoms with E-state index in [1.807, 2.05) is 31.3 Å². The minimum Gasteiger partial charge on any atom is -0.496 e. The van der Waals surface area contributed by atoms with Crippen LogP contribution >= 0.6 is 0 Å². The zero-order valence-electron chi connectivity index (χ0n) is 16.6. The molecule has 0 aliphatic heterocycles. The van der Waals surface area contributed by atoms with Crippen LogP contribution < -0.4 is 10.1 Å². The van der Waals surface area contributed by atoms with Gasteiger partial charge in [0.2, 0.25) is 5.91 Å². The Morgan fingerprint density at radius 3 is 2.58 bits per heavy atom. The molecule has 0 bridgehead atoms. The van der Waals surface area contributed by atoms with Gasteiger partial charge in [0, 0.05) is 6.42 Å². The van der Waals surface area contributed by atoms with Crippen molar-refractivity contribution < 1.29 is 9.53 Å². The molecule has 0 saturated carbocycles. The fourth-order valence-corrected chi connectivity index (χ4v) is 2.80. The number of hydrogen-bond donors (Lipinski definition) is 1. The average molecular weight is 358 g/mol. The predicted molar refractivity (Wildman–Crippen MR) is 102 cm³/mol. The van der Waals surface area contributed by atoms with E-state index in [4.69, 9.17) is 4.74 Å². The SMILES string of the molecule is COc1ccc(-n2cc([C@@H](NC(=O)CCC(C)C)C(C)C)nn2)cc1C. The Kier molecular flexibility index (Phi) is 6.77. The molecule has 6 nitrogen and oxygen atoms in total. The molecule has 0 spiro atoms. The lowest BCUT2D eigenvalue weighted by atomic mass is 10.0. The highest BCUT2D eigenvalue weighted by Gasteiger charge is 2.22. The summed E-state index contributed by atoms with van der Waals surface area (Å²) in [5.41, 5.74) is 2.71. The molecule has 0 fully saturated rings. The molecule has 26 heavy (non-hydrogen) atoms. The molecular formula is C20H30N4O2. The van der Waals surface area contributed by atoms with E-state index in [0.717, 1.165) is 29.1 Å². The molecule has 0 aliphatic rings. The molecule has 1 aromatic heterocycles. The second-order valence-corrected chi connectivity index (χ2v) is 7.46. The van der Waals surface area contributed by atoms with Crippen LogP contribution in [-0.4, -0.2) is 28.0 Å². The van der Waals surface area contributed by atoms with E-state index in [2.05, 4.69) is 43.3 Å². The molecule has 1 amide bonds. The third-order valence-corrected chi connectivity index (χ3v) is 4.40. The fraction of sp³-hybridized carbons (Fsp3) is 0.550. The van der Waals surface area contributed by atoms with Crippen molar-refractivity contribution in [2.24, 2.45) is 11.8 Å². The number of ether oxygens (including phenoxy) is 1. The van der Waals surface area contributed by atoms with Crippen LogP contribution in [-0.2, 0) is 4.79 Å². The van der Waals surface area contributed by atoms with Gasteiger partial charge in [0.05, 0.1) is 25.0 Å². The summed E-state index contributed by atoms with van der Waals surface area (Å²) < 4.78 is 7.03. The number of carbonyl (C=O) groups is 1. The number of aryl methyl sites for hydroxylation is 1. The second-order valence-electron chi connectivity index (χ2n) is 7.46. The van der Waals surface area contributed by atoms with Crippen molar-refractivity contribution in [2.75, 3.05) is 7.11 Å². The van der Waals surface area contributed by atoms with Crippen molar-refractivity contribution in [1.29, 1.82) is 0 Å². The highest BCUT2D eigenvalue weighted by atomic mass is 16.5. The number of nitrogens with one attached hydrogen (secondary N) is 1. The monoisotopic (exact) mass is 358 g/mol. The van der Waals surface area contributed by atoms with E-state index in [1.165, 1.54) is 0 Å². The van der Waals surface area contributed by atoms with E-state index in [-0.39, 0.29) is 17.9 Å². The number of amides is 1. The van der Waals surface area contributed by atoms with E-state index in [9.17, 15) is 4.79 Å². The van der Waals surface area contributed by atoms with Crippen molar-refractivity contribution >= 4 is 5.91 Å². The molecule has 0 saturated heterocycles. The van der Waals surface area contributed by atoms with Gasteiger partial charge >= 0.3 is 0 Å². The van der Waals surface area contributed by atoms with E-state index >= 15 is 0 Å². The van der Waals surface area contributed by atoms with Gasteiger partial charge in [0.25, 0.3) is 0 Å². The topological polar surface area (TPSA) is 69.0 Å². The molecule has 1 heterocycles. The quantitative estimate of drug-likeness (QED) is 0.778. The van der Waals surface area contributed by atoms with Gasteiger partial charge in [-0.1, -0.05) is 32.9 Å². The molecular weight excluding hydrogens is 328 g/mol. The molecule has 142 valence electrons. The van der Waals surface area contributed by atoms with Crippen LogP contribution in [0.3, 0.4) is 0 Å². The minimum absolute atomic E-state index is 0.0623. The molecule has 1 N–H and O–H groups in total. The van der Waals surface area contributed by atoms with Gasteiger partial charge in [-0.25, -0.2) is 4.68 Å². The summed E-state index contributed by atoms with van der Waals surface area (Å²) in [7, 11) is 1.66. The first-order valence-corrected chi connectivity index (χ1v) is 9.18. The van der Waals surface area contributed by atoms with Gasteiger partial charge in [0.1, 0.15) is 11.4 Å². The maximum atomic E-state index is 12.2. The van der Waals surface area contributed by atoms with Crippen molar-refractivity contribution in [3.63, 3.8) is 0 Å². The third-order valence-electron chi connectivity index (χ3n) is 4.40. The number of rotatable bonds is 8. The number of hydrogen-bond acceptors (Lipinski definition) is 4. The molecule has 2 aromatic rings. The van der Waals surface area contributed by atoms with Crippen LogP contribution in [0.15, 0.2) is 24.4 Å². The molecule has 6 heteroatoms. The molecule has 2 rings (SSSR count). The average Bonchev–Trinajstić information content (AvgIpc) is 3.07. The molecule has 0 radical (unpaired) electrons. The second kappa shape index (κ2) is 8.83. The smallest absolute Gasteiger partial charge is 0.220 e. The number of methoxy groups -OCH3 is 1. The van der Waals surface area contributed by atoms with Crippen molar-refractivity contribution in [3.05, 3.63) is 35.7 Å². The molecule has 1 atom stereocenters. The summed E-state index contributed by atoms with van der Waals surface area (Å²) in [5.74, 6) is 1.64. The molecule has 0 unspecified atom stereocenters. The Balaban J connectivity index is 2.16. The third kappa shape index (κ3) is 5.07. The normalized spacial score (nSPS) is 12.5. The van der Waals surface area contributed by atoms with Crippen LogP contribution in [0.2, 0.25) is 0 Å². The molecule has 0 aliphatic carbocycles. The number of carbonyl (C=O) groups excluding carboxylic acids is 1. The van der Waals surface area contributed by atoms with Crippen molar-refractivity contribution in [3.8, 4) is 11.4 Å².